The average Bonchev–Trinajstić information content (AvgIpc) is 2.91. The molecule has 0 heterocycles. The Morgan fingerprint density at radius 1 is 1.15 bits per heavy atom. The minimum Gasteiger partial charge on any atom is -0.462 e. The SMILES string of the molecule is CC(=O)O[C@H]1CC[C@@]2(C)C(=CC[C@H]3[C@@H]4CC[C@H](C(C)=O)[C@@]4(C)CC(=O)[C@@H]32)C1. The van der Waals surface area contributed by atoms with Crippen LogP contribution in [0.2, 0.25) is 0 Å². The zero-order valence-corrected chi connectivity index (χ0v) is 17.0. The fourth-order valence-corrected chi connectivity index (χ4v) is 7.46. The summed E-state index contributed by atoms with van der Waals surface area (Å²) >= 11 is 0. The van der Waals surface area contributed by atoms with Crippen LogP contribution < -0.4 is 0 Å². The van der Waals surface area contributed by atoms with Gasteiger partial charge in [0.1, 0.15) is 17.7 Å². The van der Waals surface area contributed by atoms with Crippen LogP contribution in [0, 0.1) is 34.5 Å². The number of allylic oxidation sites excluding steroid dienone is 1. The Kier molecular flexibility index (Phi) is 4.40. The molecule has 3 saturated carbocycles. The van der Waals surface area contributed by atoms with E-state index in [-0.39, 0.29) is 40.5 Å². The van der Waals surface area contributed by atoms with E-state index in [9.17, 15) is 14.4 Å². The molecule has 7 atom stereocenters. The van der Waals surface area contributed by atoms with Crippen molar-refractivity contribution in [1.29, 1.82) is 0 Å². The van der Waals surface area contributed by atoms with Crippen LogP contribution in [0.3, 0.4) is 0 Å². The van der Waals surface area contributed by atoms with E-state index in [0.717, 1.165) is 38.5 Å². The van der Waals surface area contributed by atoms with Crippen molar-refractivity contribution in [3.63, 3.8) is 0 Å². The standard InChI is InChI=1S/C23H32O4/c1-13(24)18-7-8-19-17-6-5-15-11-16(27-14(2)25)9-10-22(15,3)21(17)20(26)12-23(18,19)4/h5,16-19,21H,6-12H2,1-4H3/t16-,17-,18+,19-,21+,22-,23+/m0/s1. The predicted molar refractivity (Wildman–Crippen MR) is 102 cm³/mol. The zero-order chi connectivity index (χ0) is 19.6. The molecule has 0 amide bonds. The van der Waals surface area contributed by atoms with Crippen LogP contribution >= 0.6 is 0 Å². The highest BCUT2D eigenvalue weighted by Gasteiger charge is 2.62. The van der Waals surface area contributed by atoms with E-state index in [2.05, 4.69) is 19.9 Å². The number of hydrogen-bond acceptors (Lipinski definition) is 4. The minimum absolute atomic E-state index is 0.0455. The first kappa shape index (κ1) is 18.9. The normalized spacial score (nSPS) is 46.0. The highest BCUT2D eigenvalue weighted by molar-refractivity contribution is 5.87. The maximum atomic E-state index is 13.4. The van der Waals surface area contributed by atoms with Gasteiger partial charge in [-0.05, 0) is 61.7 Å². The van der Waals surface area contributed by atoms with Gasteiger partial charge in [0.25, 0.3) is 0 Å². The van der Waals surface area contributed by atoms with Gasteiger partial charge in [0.05, 0.1) is 0 Å². The Hall–Kier alpha value is -1.45. The summed E-state index contributed by atoms with van der Waals surface area (Å²) < 4.78 is 5.47. The van der Waals surface area contributed by atoms with E-state index in [1.165, 1.54) is 12.5 Å². The molecule has 0 radical (unpaired) electrons. The fraction of sp³-hybridized carbons (Fsp3) is 0.783. The molecule has 0 aromatic carbocycles. The molecule has 0 aliphatic heterocycles. The molecule has 0 bridgehead atoms. The van der Waals surface area contributed by atoms with Crippen molar-refractivity contribution in [3.05, 3.63) is 11.6 Å². The van der Waals surface area contributed by atoms with Gasteiger partial charge in [-0.1, -0.05) is 25.5 Å². The highest BCUT2D eigenvalue weighted by Crippen LogP contribution is 2.65. The van der Waals surface area contributed by atoms with Gasteiger partial charge in [-0.25, -0.2) is 0 Å². The first-order valence-corrected chi connectivity index (χ1v) is 10.6. The van der Waals surface area contributed by atoms with E-state index in [4.69, 9.17) is 4.74 Å². The van der Waals surface area contributed by atoms with Gasteiger partial charge in [0.15, 0.2) is 0 Å². The zero-order valence-electron chi connectivity index (χ0n) is 17.0. The average molecular weight is 373 g/mol. The van der Waals surface area contributed by atoms with Crippen molar-refractivity contribution in [1.82, 2.24) is 0 Å². The van der Waals surface area contributed by atoms with Gasteiger partial charge in [-0.3, -0.25) is 14.4 Å². The van der Waals surface area contributed by atoms with Gasteiger partial charge in [-0.2, -0.15) is 0 Å². The molecule has 4 aliphatic carbocycles. The number of Topliss-reactive ketones (excluding diaryl/α,β-unsaturated/α-hetero) is 2. The van der Waals surface area contributed by atoms with Crippen molar-refractivity contribution < 1.29 is 19.1 Å². The van der Waals surface area contributed by atoms with Gasteiger partial charge in [0.2, 0.25) is 0 Å². The second-order valence-corrected chi connectivity index (χ2v) is 9.99. The van der Waals surface area contributed by atoms with E-state index in [0.29, 0.717) is 24.0 Å². The number of carbonyl (C=O) groups is 3. The van der Waals surface area contributed by atoms with Gasteiger partial charge >= 0.3 is 5.97 Å². The number of carbonyl (C=O) groups excluding carboxylic acids is 3. The quantitative estimate of drug-likeness (QED) is 0.537. The second-order valence-electron chi connectivity index (χ2n) is 9.99. The van der Waals surface area contributed by atoms with Crippen LogP contribution in [0.4, 0.5) is 0 Å². The third-order valence-electron chi connectivity index (χ3n) is 8.57. The number of hydrogen-bond donors (Lipinski definition) is 0. The lowest BCUT2D eigenvalue weighted by Gasteiger charge is -2.56. The maximum absolute atomic E-state index is 13.4. The first-order valence-electron chi connectivity index (χ1n) is 10.6. The summed E-state index contributed by atoms with van der Waals surface area (Å²) in [6.07, 6.45) is 8.31. The molecule has 27 heavy (non-hydrogen) atoms. The van der Waals surface area contributed by atoms with Gasteiger partial charge in [-0.15, -0.1) is 0 Å². The molecule has 0 saturated heterocycles. The Labute approximate surface area is 162 Å². The lowest BCUT2D eigenvalue weighted by molar-refractivity contribution is -0.153. The van der Waals surface area contributed by atoms with Crippen molar-refractivity contribution in [2.45, 2.75) is 78.7 Å². The van der Waals surface area contributed by atoms with E-state index >= 15 is 0 Å². The number of ketones is 2. The molecule has 148 valence electrons. The van der Waals surface area contributed by atoms with Crippen molar-refractivity contribution in [2.75, 3.05) is 0 Å². The Balaban J connectivity index is 1.65. The predicted octanol–water partition coefficient (Wildman–Crippen LogP) is 4.27. The Bertz CT molecular complexity index is 722. The molecule has 0 spiro atoms. The van der Waals surface area contributed by atoms with Crippen LogP contribution in [0.5, 0.6) is 0 Å². The molecular formula is C23H32O4. The van der Waals surface area contributed by atoms with E-state index in [1.807, 2.05) is 0 Å². The van der Waals surface area contributed by atoms with Crippen LogP contribution in [0.25, 0.3) is 0 Å². The van der Waals surface area contributed by atoms with E-state index < -0.39 is 0 Å². The van der Waals surface area contributed by atoms with E-state index in [1.54, 1.807) is 6.92 Å². The molecule has 0 unspecified atom stereocenters. The van der Waals surface area contributed by atoms with Crippen LogP contribution in [-0.2, 0) is 19.1 Å². The van der Waals surface area contributed by atoms with Crippen molar-refractivity contribution in [3.8, 4) is 0 Å². The second kappa shape index (κ2) is 6.28. The molecule has 4 rings (SSSR count). The molecule has 4 heteroatoms. The monoisotopic (exact) mass is 372 g/mol. The summed E-state index contributed by atoms with van der Waals surface area (Å²) in [6, 6.07) is 0. The van der Waals surface area contributed by atoms with Gasteiger partial charge < -0.3 is 4.74 Å². The van der Waals surface area contributed by atoms with Crippen LogP contribution in [-0.4, -0.2) is 23.6 Å². The van der Waals surface area contributed by atoms with Crippen LogP contribution in [0.1, 0.15) is 72.6 Å². The topological polar surface area (TPSA) is 60.4 Å². The molecular weight excluding hydrogens is 340 g/mol. The number of fused-ring (bicyclic) bond motifs is 5. The van der Waals surface area contributed by atoms with Crippen molar-refractivity contribution >= 4 is 17.5 Å². The first-order chi connectivity index (χ1) is 12.7. The molecule has 0 N–H and O–H groups in total. The molecule has 0 aromatic heterocycles. The Morgan fingerprint density at radius 2 is 1.89 bits per heavy atom. The summed E-state index contributed by atoms with van der Waals surface area (Å²) in [5.41, 5.74) is 1.06. The molecule has 4 nitrogen and oxygen atoms in total. The summed E-state index contributed by atoms with van der Waals surface area (Å²) in [6.45, 7) is 7.63. The van der Waals surface area contributed by atoms with Crippen molar-refractivity contribution in [2.24, 2.45) is 34.5 Å². The summed E-state index contributed by atoms with van der Waals surface area (Å²) in [4.78, 5) is 37.0. The molecule has 3 fully saturated rings. The number of ether oxygens (including phenoxy) is 1. The smallest absolute Gasteiger partial charge is 0.302 e. The lowest BCUT2D eigenvalue weighted by atomic mass is 9.47. The fourth-order valence-electron chi connectivity index (χ4n) is 7.46. The molecule has 0 aromatic rings. The number of rotatable bonds is 2. The third kappa shape index (κ3) is 2.74. The van der Waals surface area contributed by atoms with Crippen LogP contribution in [0.15, 0.2) is 11.6 Å². The third-order valence-corrected chi connectivity index (χ3v) is 8.57. The maximum Gasteiger partial charge on any atom is 0.302 e. The summed E-state index contributed by atoms with van der Waals surface area (Å²) in [7, 11) is 0. The largest absolute Gasteiger partial charge is 0.462 e. The Morgan fingerprint density at radius 3 is 2.56 bits per heavy atom. The van der Waals surface area contributed by atoms with Gasteiger partial charge in [0, 0.05) is 31.6 Å². The summed E-state index contributed by atoms with van der Waals surface area (Å²) in [5, 5.41) is 0. The minimum atomic E-state index is -0.219. The highest BCUT2D eigenvalue weighted by atomic mass is 16.5. The molecule has 4 aliphatic rings. The summed E-state index contributed by atoms with van der Waals surface area (Å²) in [5.74, 6) is 1.35. The lowest BCUT2D eigenvalue weighted by Crippen LogP contribution is -2.55. The number of esters is 1.